The molecule has 3 aromatic rings. The van der Waals surface area contributed by atoms with Crippen LogP contribution >= 0.6 is 0 Å². The fraction of sp³-hybridized carbons (Fsp3) is 0.391. The number of benzene rings is 1. The molecule has 2 heterocycles. The first-order chi connectivity index (χ1) is 13.2. The zero-order valence-electron chi connectivity index (χ0n) is 16.4. The molecular weight excluding hydrogens is 334 g/mol. The van der Waals surface area contributed by atoms with Crippen LogP contribution in [0.1, 0.15) is 62.3 Å². The van der Waals surface area contributed by atoms with Gasteiger partial charge in [-0.05, 0) is 30.5 Å². The fourth-order valence-electron chi connectivity index (χ4n) is 3.33. The number of imidazole rings is 1. The maximum absolute atomic E-state index is 12.5. The third-order valence-corrected chi connectivity index (χ3v) is 4.82. The number of hydrogen-bond donors (Lipinski definition) is 1. The van der Waals surface area contributed by atoms with Gasteiger partial charge in [0.25, 0.3) is 0 Å². The van der Waals surface area contributed by atoms with Gasteiger partial charge in [0.1, 0.15) is 11.5 Å². The van der Waals surface area contributed by atoms with Crippen LogP contribution in [0.25, 0.3) is 5.65 Å². The first kappa shape index (κ1) is 19.2. The Hall–Kier alpha value is -2.62. The number of carbonyl (C=O) groups is 1. The topological polar surface area (TPSA) is 46.4 Å². The monoisotopic (exact) mass is 363 g/mol. The normalized spacial score (nSPS) is 11.0. The number of rotatable bonds is 9. The van der Waals surface area contributed by atoms with Crippen LogP contribution in [0.5, 0.6) is 0 Å². The molecule has 1 aromatic carbocycles. The summed E-state index contributed by atoms with van der Waals surface area (Å²) in [6, 6.07) is 14.3. The first-order valence-corrected chi connectivity index (χ1v) is 9.98. The molecule has 27 heavy (non-hydrogen) atoms. The Morgan fingerprint density at radius 1 is 1.04 bits per heavy atom. The van der Waals surface area contributed by atoms with Gasteiger partial charge in [0, 0.05) is 19.0 Å². The Morgan fingerprint density at radius 3 is 2.59 bits per heavy atom. The molecule has 0 atom stereocenters. The largest absolute Gasteiger partial charge is 0.310 e. The van der Waals surface area contributed by atoms with Gasteiger partial charge >= 0.3 is 0 Å². The highest BCUT2D eigenvalue weighted by Crippen LogP contribution is 2.22. The van der Waals surface area contributed by atoms with Crippen molar-refractivity contribution in [3.63, 3.8) is 0 Å². The number of pyridine rings is 1. The van der Waals surface area contributed by atoms with Crippen LogP contribution in [0.3, 0.4) is 0 Å². The molecular formula is C23H29N3O. The molecule has 1 N–H and O–H groups in total. The summed E-state index contributed by atoms with van der Waals surface area (Å²) in [6.45, 7) is 4.25. The molecule has 2 aromatic heterocycles. The van der Waals surface area contributed by atoms with Crippen molar-refractivity contribution in [3.8, 4) is 0 Å². The minimum absolute atomic E-state index is 0.0733. The molecule has 0 fully saturated rings. The van der Waals surface area contributed by atoms with Crippen LogP contribution in [-0.2, 0) is 11.2 Å². The fourth-order valence-corrected chi connectivity index (χ4v) is 3.33. The van der Waals surface area contributed by atoms with Gasteiger partial charge in [-0.25, -0.2) is 4.98 Å². The van der Waals surface area contributed by atoms with E-state index >= 15 is 0 Å². The summed E-state index contributed by atoms with van der Waals surface area (Å²) in [7, 11) is 0. The van der Waals surface area contributed by atoms with E-state index in [0.717, 1.165) is 35.6 Å². The molecule has 0 radical (unpaired) electrons. The summed E-state index contributed by atoms with van der Waals surface area (Å²) in [5, 5.41) is 3.13. The smallest absolute Gasteiger partial charge is 0.225 e. The SMILES string of the molecule is CCCCCCCC(=O)Nc1c(Cc2ccccc2)nc2ccc(C)cn12. The van der Waals surface area contributed by atoms with Crippen LogP contribution in [0.4, 0.5) is 5.82 Å². The Labute approximate surface area is 161 Å². The van der Waals surface area contributed by atoms with Crippen LogP contribution in [0.15, 0.2) is 48.7 Å². The molecule has 4 nitrogen and oxygen atoms in total. The molecule has 0 spiro atoms. The van der Waals surface area contributed by atoms with Gasteiger partial charge < -0.3 is 5.32 Å². The molecule has 4 heteroatoms. The van der Waals surface area contributed by atoms with Crippen LogP contribution in [0.2, 0.25) is 0 Å². The van der Waals surface area contributed by atoms with E-state index in [1.165, 1.54) is 24.8 Å². The zero-order valence-corrected chi connectivity index (χ0v) is 16.4. The van der Waals surface area contributed by atoms with E-state index in [1.54, 1.807) is 0 Å². The van der Waals surface area contributed by atoms with Gasteiger partial charge in [-0.15, -0.1) is 0 Å². The molecule has 3 rings (SSSR count). The lowest BCUT2D eigenvalue weighted by molar-refractivity contribution is -0.116. The number of nitrogens with zero attached hydrogens (tertiary/aromatic N) is 2. The second-order valence-corrected chi connectivity index (χ2v) is 7.22. The molecule has 142 valence electrons. The van der Waals surface area contributed by atoms with Crippen molar-refractivity contribution in [2.24, 2.45) is 0 Å². The maximum atomic E-state index is 12.5. The lowest BCUT2D eigenvalue weighted by Gasteiger charge is -2.08. The molecule has 0 aliphatic heterocycles. The number of amides is 1. The standard InChI is InChI=1S/C23H29N3O/c1-3-4-5-6-10-13-22(27)25-23-20(16-19-11-8-7-9-12-19)24-21-15-14-18(2)17-26(21)23/h7-9,11-12,14-15,17H,3-6,10,13,16H2,1-2H3,(H,25,27). The third-order valence-electron chi connectivity index (χ3n) is 4.82. The van der Waals surface area contributed by atoms with E-state index in [1.807, 2.05) is 40.9 Å². The van der Waals surface area contributed by atoms with Crippen molar-refractivity contribution < 1.29 is 4.79 Å². The van der Waals surface area contributed by atoms with Gasteiger partial charge in [-0.3, -0.25) is 9.20 Å². The van der Waals surface area contributed by atoms with Crippen molar-refractivity contribution in [3.05, 3.63) is 65.5 Å². The van der Waals surface area contributed by atoms with Crippen molar-refractivity contribution in [2.45, 2.75) is 58.8 Å². The average molecular weight is 364 g/mol. The van der Waals surface area contributed by atoms with Crippen LogP contribution in [-0.4, -0.2) is 15.3 Å². The highest BCUT2D eigenvalue weighted by Gasteiger charge is 2.15. The van der Waals surface area contributed by atoms with E-state index in [9.17, 15) is 4.79 Å². The third kappa shape index (κ3) is 5.19. The van der Waals surface area contributed by atoms with E-state index < -0.39 is 0 Å². The number of carbonyl (C=O) groups excluding carboxylic acids is 1. The predicted molar refractivity (Wildman–Crippen MR) is 111 cm³/mol. The number of fused-ring (bicyclic) bond motifs is 1. The molecule has 1 amide bonds. The van der Waals surface area contributed by atoms with Crippen LogP contribution in [0, 0.1) is 6.92 Å². The summed E-state index contributed by atoms with van der Waals surface area (Å²) in [6.07, 6.45) is 9.03. The summed E-state index contributed by atoms with van der Waals surface area (Å²) < 4.78 is 2.00. The number of aromatic nitrogens is 2. The number of aryl methyl sites for hydroxylation is 1. The van der Waals surface area contributed by atoms with Crippen molar-refractivity contribution >= 4 is 17.4 Å². The predicted octanol–water partition coefficient (Wildman–Crippen LogP) is 5.53. The van der Waals surface area contributed by atoms with E-state index in [4.69, 9.17) is 4.98 Å². The Morgan fingerprint density at radius 2 is 1.81 bits per heavy atom. The van der Waals surface area contributed by atoms with E-state index in [2.05, 4.69) is 31.3 Å². The van der Waals surface area contributed by atoms with Gasteiger partial charge in [0.05, 0.1) is 5.69 Å². The first-order valence-electron chi connectivity index (χ1n) is 9.98. The summed E-state index contributed by atoms with van der Waals surface area (Å²) in [5.74, 6) is 0.875. The van der Waals surface area contributed by atoms with Gasteiger partial charge in [0.15, 0.2) is 0 Å². The van der Waals surface area contributed by atoms with Gasteiger partial charge in [-0.2, -0.15) is 0 Å². The number of nitrogens with one attached hydrogen (secondary N) is 1. The number of hydrogen-bond acceptors (Lipinski definition) is 2. The Bertz CT molecular complexity index is 883. The zero-order chi connectivity index (χ0) is 19.1. The molecule has 0 saturated carbocycles. The van der Waals surface area contributed by atoms with E-state index in [0.29, 0.717) is 12.8 Å². The Kier molecular flexibility index (Phi) is 6.64. The highest BCUT2D eigenvalue weighted by molar-refractivity contribution is 5.91. The Balaban J connectivity index is 1.78. The lowest BCUT2D eigenvalue weighted by Crippen LogP contribution is -2.14. The minimum Gasteiger partial charge on any atom is -0.310 e. The van der Waals surface area contributed by atoms with Crippen molar-refractivity contribution in [2.75, 3.05) is 5.32 Å². The van der Waals surface area contributed by atoms with Crippen molar-refractivity contribution in [1.82, 2.24) is 9.38 Å². The van der Waals surface area contributed by atoms with Gasteiger partial charge in [-0.1, -0.05) is 69.0 Å². The summed E-state index contributed by atoms with van der Waals surface area (Å²) in [4.78, 5) is 17.3. The molecule has 0 saturated heterocycles. The maximum Gasteiger partial charge on any atom is 0.225 e. The molecule has 0 aliphatic rings. The van der Waals surface area contributed by atoms with Gasteiger partial charge in [0.2, 0.25) is 5.91 Å². The highest BCUT2D eigenvalue weighted by atomic mass is 16.1. The van der Waals surface area contributed by atoms with Crippen LogP contribution < -0.4 is 5.32 Å². The number of unbranched alkanes of at least 4 members (excludes halogenated alkanes) is 4. The summed E-state index contributed by atoms with van der Waals surface area (Å²) >= 11 is 0. The summed E-state index contributed by atoms with van der Waals surface area (Å²) in [5.41, 5.74) is 4.10. The second kappa shape index (κ2) is 9.36. The molecule has 0 unspecified atom stereocenters. The van der Waals surface area contributed by atoms with Crippen molar-refractivity contribution in [1.29, 1.82) is 0 Å². The molecule has 0 bridgehead atoms. The van der Waals surface area contributed by atoms with E-state index in [-0.39, 0.29) is 5.91 Å². The average Bonchev–Trinajstić information content (AvgIpc) is 2.99. The second-order valence-electron chi connectivity index (χ2n) is 7.22. The number of anilines is 1. The quantitative estimate of drug-likeness (QED) is 0.508. The minimum atomic E-state index is 0.0733. The molecule has 0 aliphatic carbocycles. The lowest BCUT2D eigenvalue weighted by atomic mass is 10.1.